The van der Waals surface area contributed by atoms with Crippen LogP contribution in [0.15, 0.2) is 0 Å². The van der Waals surface area contributed by atoms with Crippen LogP contribution >= 0.6 is 0 Å². The summed E-state index contributed by atoms with van der Waals surface area (Å²) in [6.45, 7) is 2.10. The van der Waals surface area contributed by atoms with E-state index < -0.39 is 12.1 Å². The van der Waals surface area contributed by atoms with Crippen molar-refractivity contribution in [1.29, 1.82) is 0 Å². The predicted molar refractivity (Wildman–Crippen MR) is 80.1 cm³/mol. The van der Waals surface area contributed by atoms with Crippen LogP contribution in [-0.4, -0.2) is 53.5 Å². The Morgan fingerprint density at radius 1 is 1.14 bits per heavy atom. The molecule has 0 bridgehead atoms. The van der Waals surface area contributed by atoms with Crippen LogP contribution in [0.3, 0.4) is 0 Å². The molecule has 0 spiro atoms. The van der Waals surface area contributed by atoms with Gasteiger partial charge in [0.25, 0.3) is 0 Å². The molecule has 3 N–H and O–H groups in total. The normalized spacial score (nSPS) is 32.4. The third-order valence-electron chi connectivity index (χ3n) is 4.89. The van der Waals surface area contributed by atoms with Gasteiger partial charge in [-0.2, -0.15) is 0 Å². The summed E-state index contributed by atoms with van der Waals surface area (Å²) in [5.41, 5.74) is 0. The van der Waals surface area contributed by atoms with E-state index in [-0.39, 0.29) is 29.9 Å². The fourth-order valence-electron chi connectivity index (χ4n) is 3.71. The van der Waals surface area contributed by atoms with Crippen LogP contribution in [-0.2, 0) is 9.59 Å². The minimum Gasteiger partial charge on any atom is -0.343 e. The number of nitrogens with one attached hydrogen (secondary N) is 3. The Morgan fingerprint density at radius 2 is 1.82 bits per heavy atom. The summed E-state index contributed by atoms with van der Waals surface area (Å²) in [6.07, 6.45) is 6.13. The van der Waals surface area contributed by atoms with Crippen LogP contribution in [0.2, 0.25) is 0 Å². The topological polar surface area (TPSA) is 90.5 Å². The first-order chi connectivity index (χ1) is 10.5. The minimum atomic E-state index is -0.474. The summed E-state index contributed by atoms with van der Waals surface area (Å²) >= 11 is 0. The Kier molecular flexibility index (Phi) is 4.22. The molecule has 2 heterocycles. The van der Waals surface area contributed by atoms with Gasteiger partial charge in [-0.1, -0.05) is 19.3 Å². The Balaban J connectivity index is 1.52. The van der Waals surface area contributed by atoms with Gasteiger partial charge < -0.3 is 20.9 Å². The van der Waals surface area contributed by atoms with Crippen molar-refractivity contribution in [3.8, 4) is 0 Å². The molecule has 3 aliphatic rings. The first-order valence-corrected chi connectivity index (χ1v) is 8.22. The molecule has 1 saturated carbocycles. The highest BCUT2D eigenvalue weighted by atomic mass is 16.2. The SMILES string of the molecule is C[C@@H]1NC(=O)[C@@H]2C[C@H](NC(=O)NC3CCCCC3)CN2C1=O. The smallest absolute Gasteiger partial charge is 0.315 e. The molecule has 3 atom stereocenters. The number of urea groups is 1. The highest BCUT2D eigenvalue weighted by Gasteiger charge is 2.45. The predicted octanol–water partition coefficient (Wildman–Crippen LogP) is 0.106. The zero-order valence-corrected chi connectivity index (χ0v) is 12.9. The van der Waals surface area contributed by atoms with Crippen LogP contribution in [0.1, 0.15) is 45.4 Å². The molecular formula is C15H24N4O3. The third-order valence-corrected chi connectivity index (χ3v) is 4.89. The van der Waals surface area contributed by atoms with E-state index in [0.717, 1.165) is 25.7 Å². The lowest BCUT2D eigenvalue weighted by Gasteiger charge is -2.32. The molecule has 3 fully saturated rings. The summed E-state index contributed by atoms with van der Waals surface area (Å²) in [5, 5.41) is 8.60. The van der Waals surface area contributed by atoms with Crippen molar-refractivity contribution < 1.29 is 14.4 Å². The molecule has 0 radical (unpaired) electrons. The van der Waals surface area contributed by atoms with Crippen molar-refractivity contribution in [2.24, 2.45) is 0 Å². The summed E-state index contributed by atoms with van der Waals surface area (Å²) < 4.78 is 0. The molecule has 0 aromatic heterocycles. The second kappa shape index (κ2) is 6.14. The van der Waals surface area contributed by atoms with Gasteiger partial charge in [0, 0.05) is 12.6 Å². The van der Waals surface area contributed by atoms with Gasteiger partial charge in [-0.05, 0) is 26.2 Å². The maximum absolute atomic E-state index is 12.1. The highest BCUT2D eigenvalue weighted by Crippen LogP contribution is 2.23. The second-order valence-corrected chi connectivity index (χ2v) is 6.62. The van der Waals surface area contributed by atoms with E-state index in [9.17, 15) is 14.4 Å². The molecule has 22 heavy (non-hydrogen) atoms. The van der Waals surface area contributed by atoms with Gasteiger partial charge >= 0.3 is 6.03 Å². The minimum absolute atomic E-state index is 0.0680. The standard InChI is InChI=1S/C15H24N4O3/c1-9-14(21)19-8-11(7-12(19)13(20)16-9)18-15(22)17-10-5-3-2-4-6-10/h9-12H,2-8H2,1H3,(H,16,20)(H2,17,18,22)/t9-,11-,12-/m0/s1. The monoisotopic (exact) mass is 308 g/mol. The average Bonchev–Trinajstić information content (AvgIpc) is 2.90. The first kappa shape index (κ1) is 15.1. The van der Waals surface area contributed by atoms with Crippen LogP contribution in [0.5, 0.6) is 0 Å². The lowest BCUT2D eigenvalue weighted by molar-refractivity contribution is -0.146. The Morgan fingerprint density at radius 3 is 2.55 bits per heavy atom. The summed E-state index contributed by atoms with van der Waals surface area (Å²) in [7, 11) is 0. The van der Waals surface area contributed by atoms with Crippen molar-refractivity contribution >= 4 is 17.8 Å². The van der Waals surface area contributed by atoms with Gasteiger partial charge in [0.1, 0.15) is 12.1 Å². The number of carbonyl (C=O) groups is 3. The summed E-state index contributed by atoms with van der Waals surface area (Å²) in [5.74, 6) is -0.189. The Hall–Kier alpha value is -1.79. The van der Waals surface area contributed by atoms with E-state index in [0.29, 0.717) is 13.0 Å². The molecule has 0 aromatic carbocycles. The summed E-state index contributed by atoms with van der Waals surface area (Å²) in [4.78, 5) is 37.7. The molecule has 0 unspecified atom stereocenters. The maximum atomic E-state index is 12.1. The van der Waals surface area contributed by atoms with Gasteiger partial charge in [-0.15, -0.1) is 0 Å². The van der Waals surface area contributed by atoms with Crippen molar-refractivity contribution in [3.63, 3.8) is 0 Å². The molecule has 7 heteroatoms. The molecule has 3 rings (SSSR count). The Bertz CT molecular complexity index is 475. The van der Waals surface area contributed by atoms with Crippen molar-refractivity contribution in [3.05, 3.63) is 0 Å². The van der Waals surface area contributed by atoms with Gasteiger partial charge in [0.05, 0.1) is 6.04 Å². The van der Waals surface area contributed by atoms with Crippen molar-refractivity contribution in [2.45, 2.75) is 69.6 Å². The van der Waals surface area contributed by atoms with E-state index in [2.05, 4.69) is 16.0 Å². The molecule has 122 valence electrons. The van der Waals surface area contributed by atoms with Crippen LogP contribution in [0, 0.1) is 0 Å². The fraction of sp³-hybridized carbons (Fsp3) is 0.800. The third kappa shape index (κ3) is 3.03. The molecule has 1 aliphatic carbocycles. The zero-order valence-electron chi connectivity index (χ0n) is 12.9. The number of hydrogen-bond donors (Lipinski definition) is 3. The van der Waals surface area contributed by atoms with E-state index >= 15 is 0 Å². The molecule has 7 nitrogen and oxygen atoms in total. The molecule has 2 saturated heterocycles. The number of amides is 4. The number of hydrogen-bond acceptors (Lipinski definition) is 3. The number of fused-ring (bicyclic) bond motifs is 1. The van der Waals surface area contributed by atoms with Crippen molar-refractivity contribution in [2.75, 3.05) is 6.54 Å². The number of nitrogens with zero attached hydrogens (tertiary/aromatic N) is 1. The largest absolute Gasteiger partial charge is 0.343 e. The summed E-state index contributed by atoms with van der Waals surface area (Å²) in [6, 6.07) is -1.00. The van der Waals surface area contributed by atoms with Crippen LogP contribution in [0.25, 0.3) is 0 Å². The maximum Gasteiger partial charge on any atom is 0.315 e. The van der Waals surface area contributed by atoms with Gasteiger partial charge in [-0.25, -0.2) is 4.79 Å². The first-order valence-electron chi connectivity index (χ1n) is 8.22. The van der Waals surface area contributed by atoms with E-state index in [1.54, 1.807) is 11.8 Å². The average molecular weight is 308 g/mol. The quantitative estimate of drug-likeness (QED) is 0.676. The lowest BCUT2D eigenvalue weighted by Crippen LogP contribution is -2.60. The van der Waals surface area contributed by atoms with E-state index in [1.807, 2.05) is 0 Å². The highest BCUT2D eigenvalue weighted by molar-refractivity contribution is 5.97. The fourth-order valence-corrected chi connectivity index (χ4v) is 3.71. The Labute approximate surface area is 130 Å². The number of carbonyl (C=O) groups excluding carboxylic acids is 3. The van der Waals surface area contributed by atoms with Crippen molar-refractivity contribution in [1.82, 2.24) is 20.9 Å². The molecule has 4 amide bonds. The van der Waals surface area contributed by atoms with Crippen LogP contribution in [0.4, 0.5) is 4.79 Å². The second-order valence-electron chi connectivity index (χ2n) is 6.62. The van der Waals surface area contributed by atoms with Gasteiger partial charge in [0.2, 0.25) is 11.8 Å². The number of piperazine rings is 1. The molecule has 0 aromatic rings. The van der Waals surface area contributed by atoms with E-state index in [1.165, 1.54) is 6.42 Å². The number of rotatable bonds is 2. The molecular weight excluding hydrogens is 284 g/mol. The lowest BCUT2D eigenvalue weighted by atomic mass is 9.96. The van der Waals surface area contributed by atoms with E-state index in [4.69, 9.17) is 0 Å². The van der Waals surface area contributed by atoms with Gasteiger partial charge in [0.15, 0.2) is 0 Å². The van der Waals surface area contributed by atoms with Gasteiger partial charge in [-0.3, -0.25) is 9.59 Å². The molecule has 2 aliphatic heterocycles. The van der Waals surface area contributed by atoms with Crippen LogP contribution < -0.4 is 16.0 Å². The zero-order chi connectivity index (χ0) is 15.7.